The Bertz CT molecular complexity index is 785. The number of anilines is 2. The summed E-state index contributed by atoms with van der Waals surface area (Å²) < 4.78 is 0. The van der Waals surface area contributed by atoms with Gasteiger partial charge in [-0.25, -0.2) is 9.97 Å². The summed E-state index contributed by atoms with van der Waals surface area (Å²) in [7, 11) is 0. The van der Waals surface area contributed by atoms with Crippen LogP contribution in [0.1, 0.15) is 41.5 Å². The third kappa shape index (κ3) is 4.28. The zero-order chi connectivity index (χ0) is 18.0. The summed E-state index contributed by atoms with van der Waals surface area (Å²) in [6.45, 7) is 7.94. The largest absolute Gasteiger partial charge is 0.341 e. The SMILES string of the molecule is Cc1cc(C(=O)Nc2cc(Cl)ccc2C)nc(N2CCC(C)CC2)n1. The highest BCUT2D eigenvalue weighted by atomic mass is 35.5. The van der Waals surface area contributed by atoms with Crippen molar-refractivity contribution in [2.45, 2.75) is 33.6 Å². The van der Waals surface area contributed by atoms with Crippen LogP contribution in [0.2, 0.25) is 5.02 Å². The molecule has 0 saturated carbocycles. The zero-order valence-electron chi connectivity index (χ0n) is 14.8. The molecule has 25 heavy (non-hydrogen) atoms. The van der Waals surface area contributed by atoms with Crippen LogP contribution in [0.15, 0.2) is 24.3 Å². The number of benzene rings is 1. The van der Waals surface area contributed by atoms with Crippen molar-refractivity contribution in [1.29, 1.82) is 0 Å². The van der Waals surface area contributed by atoms with E-state index in [1.165, 1.54) is 0 Å². The third-order valence-corrected chi connectivity index (χ3v) is 4.82. The van der Waals surface area contributed by atoms with Gasteiger partial charge in [-0.05, 0) is 56.4 Å². The monoisotopic (exact) mass is 358 g/mol. The number of aromatic nitrogens is 2. The molecule has 1 aromatic heterocycles. The van der Waals surface area contributed by atoms with Gasteiger partial charge in [-0.15, -0.1) is 0 Å². The van der Waals surface area contributed by atoms with Crippen molar-refractivity contribution < 1.29 is 4.79 Å². The molecule has 0 atom stereocenters. The van der Waals surface area contributed by atoms with Gasteiger partial charge in [-0.2, -0.15) is 0 Å². The van der Waals surface area contributed by atoms with Gasteiger partial charge < -0.3 is 10.2 Å². The Kier molecular flexibility index (Phi) is 5.23. The molecule has 2 heterocycles. The molecule has 1 aromatic carbocycles. The second kappa shape index (κ2) is 7.40. The van der Waals surface area contributed by atoms with E-state index in [9.17, 15) is 4.79 Å². The summed E-state index contributed by atoms with van der Waals surface area (Å²) in [6, 6.07) is 7.14. The molecule has 0 spiro atoms. The van der Waals surface area contributed by atoms with Gasteiger partial charge in [0.15, 0.2) is 0 Å². The summed E-state index contributed by atoms with van der Waals surface area (Å²) in [5.74, 6) is 1.12. The lowest BCUT2D eigenvalue weighted by molar-refractivity contribution is 0.102. The fourth-order valence-electron chi connectivity index (χ4n) is 2.93. The van der Waals surface area contributed by atoms with Gasteiger partial charge in [0.05, 0.1) is 0 Å². The number of nitrogens with one attached hydrogen (secondary N) is 1. The number of hydrogen-bond donors (Lipinski definition) is 1. The molecule has 132 valence electrons. The molecular weight excluding hydrogens is 336 g/mol. The highest BCUT2D eigenvalue weighted by Gasteiger charge is 2.20. The van der Waals surface area contributed by atoms with Crippen LogP contribution >= 0.6 is 11.6 Å². The van der Waals surface area contributed by atoms with Crippen LogP contribution in [0.3, 0.4) is 0 Å². The van der Waals surface area contributed by atoms with Crippen molar-refractivity contribution in [2.24, 2.45) is 5.92 Å². The predicted octanol–water partition coefficient (Wildman–Crippen LogP) is 4.24. The topological polar surface area (TPSA) is 58.1 Å². The maximum Gasteiger partial charge on any atom is 0.274 e. The molecule has 0 unspecified atom stereocenters. The Morgan fingerprint density at radius 3 is 2.64 bits per heavy atom. The molecule has 2 aromatic rings. The fourth-order valence-corrected chi connectivity index (χ4v) is 3.11. The second-order valence-corrected chi connectivity index (χ2v) is 7.21. The molecule has 0 radical (unpaired) electrons. The minimum absolute atomic E-state index is 0.248. The van der Waals surface area contributed by atoms with Gasteiger partial charge >= 0.3 is 0 Å². The molecule has 3 rings (SSSR count). The molecular formula is C19H23ClN4O. The van der Waals surface area contributed by atoms with E-state index in [-0.39, 0.29) is 5.91 Å². The lowest BCUT2D eigenvalue weighted by Gasteiger charge is -2.30. The number of hydrogen-bond acceptors (Lipinski definition) is 4. The molecule has 1 aliphatic heterocycles. The summed E-state index contributed by atoms with van der Waals surface area (Å²) in [5.41, 5.74) is 2.81. The van der Waals surface area contributed by atoms with E-state index in [1.54, 1.807) is 18.2 Å². The Morgan fingerprint density at radius 1 is 1.20 bits per heavy atom. The number of carbonyl (C=O) groups is 1. The molecule has 1 aliphatic rings. The van der Waals surface area contributed by atoms with Gasteiger partial charge in [0.2, 0.25) is 5.95 Å². The fraction of sp³-hybridized carbons (Fsp3) is 0.421. The Labute approximate surface area is 153 Å². The maximum atomic E-state index is 12.7. The number of aryl methyl sites for hydroxylation is 2. The minimum Gasteiger partial charge on any atom is -0.341 e. The predicted molar refractivity (Wildman–Crippen MR) is 102 cm³/mol. The van der Waals surface area contributed by atoms with Gasteiger partial charge in [-0.1, -0.05) is 24.6 Å². The van der Waals surface area contributed by atoms with Crippen molar-refractivity contribution in [3.05, 3.63) is 46.2 Å². The van der Waals surface area contributed by atoms with Crippen molar-refractivity contribution >= 4 is 29.1 Å². The summed E-state index contributed by atoms with van der Waals surface area (Å²) in [6.07, 6.45) is 2.25. The molecule has 1 saturated heterocycles. The number of nitrogens with zero attached hydrogens (tertiary/aromatic N) is 3. The van der Waals surface area contributed by atoms with Crippen LogP contribution in [0.5, 0.6) is 0 Å². The first-order valence-electron chi connectivity index (χ1n) is 8.60. The summed E-state index contributed by atoms with van der Waals surface area (Å²) >= 11 is 6.03. The first-order chi connectivity index (χ1) is 11.9. The Balaban J connectivity index is 1.82. The molecule has 1 amide bonds. The average Bonchev–Trinajstić information content (AvgIpc) is 2.58. The molecule has 0 bridgehead atoms. The first-order valence-corrected chi connectivity index (χ1v) is 8.98. The van der Waals surface area contributed by atoms with Crippen LogP contribution in [0.25, 0.3) is 0 Å². The van der Waals surface area contributed by atoms with Gasteiger partial charge in [0, 0.05) is 29.5 Å². The minimum atomic E-state index is -0.248. The van der Waals surface area contributed by atoms with Crippen LogP contribution < -0.4 is 10.2 Å². The van der Waals surface area contributed by atoms with E-state index < -0.39 is 0 Å². The smallest absolute Gasteiger partial charge is 0.274 e. The molecule has 6 heteroatoms. The number of halogens is 1. The van der Waals surface area contributed by atoms with Gasteiger partial charge in [0.25, 0.3) is 5.91 Å². The maximum absolute atomic E-state index is 12.7. The van der Waals surface area contributed by atoms with E-state index in [4.69, 9.17) is 11.6 Å². The number of piperidine rings is 1. The second-order valence-electron chi connectivity index (χ2n) is 6.78. The lowest BCUT2D eigenvalue weighted by Crippen LogP contribution is -2.34. The first kappa shape index (κ1) is 17.7. The van der Waals surface area contributed by atoms with Crippen LogP contribution in [-0.4, -0.2) is 29.0 Å². The highest BCUT2D eigenvalue weighted by molar-refractivity contribution is 6.31. The highest BCUT2D eigenvalue weighted by Crippen LogP contribution is 2.23. The van der Waals surface area contributed by atoms with E-state index in [2.05, 4.69) is 27.1 Å². The van der Waals surface area contributed by atoms with Gasteiger partial charge in [-0.3, -0.25) is 4.79 Å². The Morgan fingerprint density at radius 2 is 1.92 bits per heavy atom. The van der Waals surface area contributed by atoms with Gasteiger partial charge in [0.1, 0.15) is 5.69 Å². The van der Waals surface area contributed by atoms with Crippen molar-refractivity contribution in [1.82, 2.24) is 9.97 Å². The molecule has 0 aliphatic carbocycles. The van der Waals surface area contributed by atoms with E-state index in [1.807, 2.05) is 19.9 Å². The van der Waals surface area contributed by atoms with E-state index in [0.717, 1.165) is 43.1 Å². The number of rotatable bonds is 3. The standard InChI is InChI=1S/C19H23ClN4O/c1-12-6-8-24(9-7-12)19-21-14(3)10-17(23-19)18(25)22-16-11-15(20)5-4-13(16)2/h4-5,10-12H,6-9H2,1-3H3,(H,22,25). The summed E-state index contributed by atoms with van der Waals surface area (Å²) in [4.78, 5) is 23.8. The molecule has 1 fully saturated rings. The summed E-state index contributed by atoms with van der Waals surface area (Å²) in [5, 5.41) is 3.49. The lowest BCUT2D eigenvalue weighted by atomic mass is 10.00. The van der Waals surface area contributed by atoms with Crippen molar-refractivity contribution in [3.63, 3.8) is 0 Å². The zero-order valence-corrected chi connectivity index (χ0v) is 15.6. The van der Waals surface area contributed by atoms with E-state index >= 15 is 0 Å². The van der Waals surface area contributed by atoms with Crippen LogP contribution in [-0.2, 0) is 0 Å². The van der Waals surface area contributed by atoms with E-state index in [0.29, 0.717) is 22.4 Å². The van der Waals surface area contributed by atoms with Crippen LogP contribution in [0.4, 0.5) is 11.6 Å². The number of amides is 1. The average molecular weight is 359 g/mol. The van der Waals surface area contributed by atoms with Crippen molar-refractivity contribution in [3.8, 4) is 0 Å². The van der Waals surface area contributed by atoms with Crippen molar-refractivity contribution in [2.75, 3.05) is 23.3 Å². The molecule has 5 nitrogen and oxygen atoms in total. The third-order valence-electron chi connectivity index (χ3n) is 4.59. The molecule has 1 N–H and O–H groups in total. The normalized spacial score (nSPS) is 15.3. The Hall–Kier alpha value is -2.14. The quantitative estimate of drug-likeness (QED) is 0.891. The van der Waals surface area contributed by atoms with Crippen LogP contribution in [0, 0.1) is 19.8 Å². The number of carbonyl (C=O) groups excluding carboxylic acids is 1.